The van der Waals surface area contributed by atoms with Crippen LogP contribution in [0.2, 0.25) is 0 Å². The Hall–Kier alpha value is -2.63. The van der Waals surface area contributed by atoms with Crippen LogP contribution in [0.3, 0.4) is 0 Å². The lowest BCUT2D eigenvalue weighted by Crippen LogP contribution is -2.27. The lowest BCUT2D eigenvalue weighted by atomic mass is 10.1. The van der Waals surface area contributed by atoms with Crippen LogP contribution in [0, 0.1) is 0 Å². The number of rotatable bonds is 9. The van der Waals surface area contributed by atoms with Gasteiger partial charge in [0.15, 0.2) is 0 Å². The van der Waals surface area contributed by atoms with E-state index in [9.17, 15) is 14.4 Å². The van der Waals surface area contributed by atoms with E-state index in [0.717, 1.165) is 21.5 Å². The standard InChI is InChI=1S/C26H34N4O4S3/c1-25(2,3)34-24(33)28-18-14-19(30(6)15-18)23(32)27-17-8-9-20-16(12-17)13-22(36-20)29-21(31)10-11-26(4,5)37-35-7/h8-9,12-15H,10-11H2,1-7H3,(H,27,32)(H,28,33)(H,29,31). The molecular formula is C26H34N4O4S3. The molecule has 0 unspecified atom stereocenters. The normalized spacial score (nSPS) is 11.9. The summed E-state index contributed by atoms with van der Waals surface area (Å²) in [4.78, 5) is 37.4. The van der Waals surface area contributed by atoms with Crippen molar-refractivity contribution < 1.29 is 19.1 Å². The summed E-state index contributed by atoms with van der Waals surface area (Å²) in [6.07, 6.45) is 4.35. The molecule has 3 rings (SSSR count). The van der Waals surface area contributed by atoms with Crippen LogP contribution >= 0.6 is 32.9 Å². The van der Waals surface area contributed by atoms with E-state index in [1.165, 1.54) is 11.3 Å². The van der Waals surface area contributed by atoms with E-state index in [4.69, 9.17) is 4.74 Å². The molecule has 0 saturated carbocycles. The van der Waals surface area contributed by atoms with Gasteiger partial charge in [-0.3, -0.25) is 14.9 Å². The van der Waals surface area contributed by atoms with Crippen LogP contribution < -0.4 is 16.0 Å². The molecule has 0 radical (unpaired) electrons. The van der Waals surface area contributed by atoms with Gasteiger partial charge in [-0.15, -0.1) is 11.3 Å². The third kappa shape index (κ3) is 8.72. The Morgan fingerprint density at radius 1 is 1.00 bits per heavy atom. The highest BCUT2D eigenvalue weighted by Crippen LogP contribution is 2.37. The van der Waals surface area contributed by atoms with Crippen LogP contribution in [0.1, 0.15) is 57.9 Å². The third-order valence-corrected chi connectivity index (χ3v) is 8.89. The molecule has 200 valence electrons. The van der Waals surface area contributed by atoms with Gasteiger partial charge in [-0.2, -0.15) is 0 Å². The van der Waals surface area contributed by atoms with Gasteiger partial charge in [-0.1, -0.05) is 21.6 Å². The molecule has 0 saturated heterocycles. The van der Waals surface area contributed by atoms with Crippen LogP contribution in [-0.4, -0.2) is 39.1 Å². The highest BCUT2D eigenvalue weighted by Gasteiger charge is 2.21. The number of nitrogens with zero attached hydrogens (tertiary/aromatic N) is 1. The van der Waals surface area contributed by atoms with Crippen molar-refractivity contribution in [3.05, 3.63) is 42.2 Å². The van der Waals surface area contributed by atoms with Crippen molar-refractivity contribution in [2.75, 3.05) is 22.2 Å². The highest BCUT2D eigenvalue weighted by atomic mass is 33.1. The zero-order valence-electron chi connectivity index (χ0n) is 22.2. The number of hydrogen-bond donors (Lipinski definition) is 3. The summed E-state index contributed by atoms with van der Waals surface area (Å²) in [7, 11) is 5.22. The van der Waals surface area contributed by atoms with Gasteiger partial charge in [0.05, 0.1) is 10.7 Å². The molecule has 2 aromatic heterocycles. The van der Waals surface area contributed by atoms with E-state index < -0.39 is 11.7 Å². The summed E-state index contributed by atoms with van der Waals surface area (Å²) in [6, 6.07) is 9.13. The lowest BCUT2D eigenvalue weighted by Gasteiger charge is -2.21. The number of ether oxygens (including phenoxy) is 1. The molecule has 8 nitrogen and oxygen atoms in total. The smallest absolute Gasteiger partial charge is 0.412 e. The summed E-state index contributed by atoms with van der Waals surface area (Å²) < 4.78 is 7.95. The monoisotopic (exact) mass is 562 g/mol. The van der Waals surface area contributed by atoms with Crippen molar-refractivity contribution in [3.63, 3.8) is 0 Å². The fraction of sp³-hybridized carbons (Fsp3) is 0.423. The summed E-state index contributed by atoms with van der Waals surface area (Å²) in [5.41, 5.74) is 0.858. The predicted molar refractivity (Wildman–Crippen MR) is 158 cm³/mol. The van der Waals surface area contributed by atoms with Gasteiger partial charge in [0, 0.05) is 34.8 Å². The lowest BCUT2D eigenvalue weighted by molar-refractivity contribution is -0.116. The number of amides is 3. The molecule has 11 heteroatoms. The van der Waals surface area contributed by atoms with E-state index >= 15 is 0 Å². The van der Waals surface area contributed by atoms with Crippen molar-refractivity contribution in [1.29, 1.82) is 0 Å². The second-order valence-corrected chi connectivity index (χ2v) is 14.4. The van der Waals surface area contributed by atoms with Gasteiger partial charge in [-0.25, -0.2) is 4.79 Å². The number of aromatic nitrogens is 1. The van der Waals surface area contributed by atoms with Gasteiger partial charge in [0.25, 0.3) is 5.91 Å². The van der Waals surface area contributed by atoms with Crippen molar-refractivity contribution in [2.45, 2.75) is 57.8 Å². The molecule has 0 aliphatic rings. The number of hydrogen-bond acceptors (Lipinski definition) is 7. The Bertz CT molecular complexity index is 1290. The first-order valence-corrected chi connectivity index (χ1v) is 15.2. The first kappa shape index (κ1) is 28.9. The minimum Gasteiger partial charge on any atom is -0.444 e. The molecule has 3 aromatic rings. The first-order chi connectivity index (χ1) is 17.2. The molecule has 3 amide bonds. The number of carbonyl (C=O) groups is 3. The molecule has 0 atom stereocenters. The average molecular weight is 563 g/mol. The molecule has 0 bridgehead atoms. The Morgan fingerprint density at radius 3 is 2.41 bits per heavy atom. The van der Waals surface area contributed by atoms with E-state index in [0.29, 0.717) is 23.5 Å². The topological polar surface area (TPSA) is 101 Å². The Morgan fingerprint density at radius 2 is 1.73 bits per heavy atom. The Kier molecular flexibility index (Phi) is 9.25. The first-order valence-electron chi connectivity index (χ1n) is 11.8. The number of carbonyl (C=O) groups excluding carboxylic acids is 3. The predicted octanol–water partition coefficient (Wildman–Crippen LogP) is 7.35. The maximum absolute atomic E-state index is 12.9. The molecule has 0 spiro atoms. The van der Waals surface area contributed by atoms with Gasteiger partial charge < -0.3 is 19.9 Å². The number of nitrogens with one attached hydrogen (secondary N) is 3. The Labute approximate surface area is 229 Å². The minimum absolute atomic E-state index is 0.00522. The molecule has 0 fully saturated rings. The molecule has 3 N–H and O–H groups in total. The van der Waals surface area contributed by atoms with Gasteiger partial charge in [0.2, 0.25) is 5.91 Å². The Balaban J connectivity index is 1.63. The second kappa shape index (κ2) is 11.8. The zero-order chi connectivity index (χ0) is 27.4. The van der Waals surface area contributed by atoms with Crippen molar-refractivity contribution in [1.82, 2.24) is 4.57 Å². The van der Waals surface area contributed by atoms with Crippen molar-refractivity contribution in [2.24, 2.45) is 7.05 Å². The van der Waals surface area contributed by atoms with Crippen LogP contribution in [0.4, 0.5) is 21.2 Å². The molecule has 37 heavy (non-hydrogen) atoms. The van der Waals surface area contributed by atoms with E-state index in [1.54, 1.807) is 66.2 Å². The molecule has 1 aromatic carbocycles. The molecular weight excluding hydrogens is 529 g/mol. The van der Waals surface area contributed by atoms with E-state index in [2.05, 4.69) is 29.8 Å². The second-order valence-electron chi connectivity index (χ2n) is 10.2. The maximum atomic E-state index is 12.9. The summed E-state index contributed by atoms with van der Waals surface area (Å²) in [5.74, 6) is -0.317. The number of benzene rings is 1. The van der Waals surface area contributed by atoms with Gasteiger partial charge in [-0.05, 0) is 83.0 Å². The number of fused-ring (bicyclic) bond motifs is 1. The third-order valence-electron chi connectivity index (χ3n) is 5.18. The fourth-order valence-corrected chi connectivity index (χ4v) is 6.74. The van der Waals surface area contributed by atoms with Crippen LogP contribution in [0.5, 0.6) is 0 Å². The zero-order valence-corrected chi connectivity index (χ0v) is 24.6. The van der Waals surface area contributed by atoms with Crippen molar-refractivity contribution in [3.8, 4) is 0 Å². The fourth-order valence-electron chi connectivity index (χ4n) is 3.54. The SMILES string of the molecule is CSSC(C)(C)CCC(=O)Nc1cc2cc(NC(=O)c3cc(NC(=O)OC(C)(C)C)cn3C)ccc2s1. The van der Waals surface area contributed by atoms with Gasteiger partial charge in [0.1, 0.15) is 11.3 Å². The number of anilines is 3. The largest absolute Gasteiger partial charge is 0.444 e. The molecule has 0 aliphatic heterocycles. The number of thiophene rings is 1. The van der Waals surface area contributed by atoms with Crippen LogP contribution in [0.15, 0.2) is 36.5 Å². The highest BCUT2D eigenvalue weighted by molar-refractivity contribution is 8.76. The summed E-state index contributed by atoms with van der Waals surface area (Å²) >= 11 is 1.50. The van der Waals surface area contributed by atoms with Gasteiger partial charge >= 0.3 is 6.09 Å². The maximum Gasteiger partial charge on any atom is 0.412 e. The minimum atomic E-state index is -0.619. The summed E-state index contributed by atoms with van der Waals surface area (Å²) in [6.45, 7) is 9.64. The molecule has 0 aliphatic carbocycles. The molecule has 2 heterocycles. The van der Waals surface area contributed by atoms with E-state index in [1.807, 2.05) is 30.5 Å². The number of aryl methyl sites for hydroxylation is 1. The quantitative estimate of drug-likeness (QED) is 0.236. The summed E-state index contributed by atoms with van der Waals surface area (Å²) in [5, 5.41) is 10.3. The van der Waals surface area contributed by atoms with Crippen molar-refractivity contribution >= 4 is 77.3 Å². The van der Waals surface area contributed by atoms with Crippen LogP contribution in [0.25, 0.3) is 10.1 Å². The average Bonchev–Trinajstić information content (AvgIpc) is 3.32. The van der Waals surface area contributed by atoms with Crippen LogP contribution in [-0.2, 0) is 16.6 Å². The van der Waals surface area contributed by atoms with E-state index in [-0.39, 0.29) is 16.6 Å².